The molecule has 0 spiro atoms. The van der Waals surface area contributed by atoms with Crippen LogP contribution in [-0.4, -0.2) is 39.1 Å². The summed E-state index contributed by atoms with van der Waals surface area (Å²) in [7, 11) is -3.78. The predicted octanol–water partition coefficient (Wildman–Crippen LogP) is 2.24. The van der Waals surface area contributed by atoms with Gasteiger partial charge in [0.2, 0.25) is 10.0 Å². The van der Waals surface area contributed by atoms with Crippen LogP contribution in [0.25, 0.3) is 0 Å². The molecule has 0 bridgehead atoms. The number of ether oxygens (including phenoxy) is 1. The monoisotopic (exact) mass is 371 g/mol. The normalized spacial score (nSPS) is 18.1. The van der Waals surface area contributed by atoms with E-state index in [0.717, 1.165) is 17.7 Å². The van der Waals surface area contributed by atoms with E-state index in [0.29, 0.717) is 19.6 Å². The summed E-state index contributed by atoms with van der Waals surface area (Å²) in [6.07, 6.45) is 2.40. The van der Waals surface area contributed by atoms with Gasteiger partial charge in [-0.3, -0.25) is 0 Å². The van der Waals surface area contributed by atoms with Crippen molar-refractivity contribution in [3.05, 3.63) is 35.6 Å². The van der Waals surface area contributed by atoms with Crippen molar-refractivity contribution in [2.24, 2.45) is 0 Å². The molecule has 1 fully saturated rings. The number of nitrogens with one attached hydrogen (secondary N) is 1. The lowest BCUT2D eigenvalue weighted by Crippen LogP contribution is -2.37. The number of nitrogens with zero attached hydrogens (tertiary/aromatic N) is 2. The maximum atomic E-state index is 13.9. The van der Waals surface area contributed by atoms with E-state index in [1.165, 1.54) is 23.5 Å². The third-order valence-electron chi connectivity index (χ3n) is 3.71. The fourth-order valence-electron chi connectivity index (χ4n) is 2.61. The molecule has 1 aromatic heterocycles. The molecular weight excluding hydrogens is 353 g/mol. The maximum absolute atomic E-state index is 13.9. The molecule has 1 atom stereocenters. The van der Waals surface area contributed by atoms with Gasteiger partial charge >= 0.3 is 0 Å². The van der Waals surface area contributed by atoms with Gasteiger partial charge in [-0.15, -0.1) is 11.3 Å². The lowest BCUT2D eigenvalue weighted by atomic mass is 10.3. The van der Waals surface area contributed by atoms with E-state index in [9.17, 15) is 12.8 Å². The van der Waals surface area contributed by atoms with Crippen molar-refractivity contribution in [1.82, 2.24) is 9.71 Å². The third kappa shape index (κ3) is 3.68. The first kappa shape index (κ1) is 17.1. The average molecular weight is 371 g/mol. The van der Waals surface area contributed by atoms with Crippen molar-refractivity contribution < 1.29 is 17.5 Å². The van der Waals surface area contributed by atoms with Gasteiger partial charge in [-0.25, -0.2) is 22.5 Å². The lowest BCUT2D eigenvalue weighted by molar-refractivity contribution is 0.321. The van der Waals surface area contributed by atoms with Gasteiger partial charge in [0, 0.05) is 30.7 Å². The van der Waals surface area contributed by atoms with Crippen molar-refractivity contribution in [2.75, 3.05) is 24.6 Å². The zero-order valence-electron chi connectivity index (χ0n) is 13.1. The highest BCUT2D eigenvalue weighted by molar-refractivity contribution is 7.89. The van der Waals surface area contributed by atoms with Crippen molar-refractivity contribution in [3.63, 3.8) is 0 Å². The first-order valence-corrected chi connectivity index (χ1v) is 9.95. The standard InChI is InChI=1S/C15H18FN3O3S2/c1-2-22-14-4-3-12(9-13(14)16)24(20,21)18-11-5-7-19(10-11)15-17-6-8-23-15/h3-4,6,8-9,11,18H,2,5,7,10H2,1H3/t11-/m1/s1. The summed E-state index contributed by atoms with van der Waals surface area (Å²) < 4.78 is 46.5. The van der Waals surface area contributed by atoms with Gasteiger partial charge in [0.25, 0.3) is 0 Å². The largest absolute Gasteiger partial charge is 0.491 e. The number of sulfonamides is 1. The van der Waals surface area contributed by atoms with E-state index in [2.05, 4.69) is 9.71 Å². The molecule has 0 radical (unpaired) electrons. The number of hydrogen-bond acceptors (Lipinski definition) is 6. The molecule has 0 amide bonds. The summed E-state index contributed by atoms with van der Waals surface area (Å²) in [4.78, 5) is 6.17. The molecule has 24 heavy (non-hydrogen) atoms. The van der Waals surface area contributed by atoms with Crippen LogP contribution in [0.15, 0.2) is 34.7 Å². The molecule has 130 valence electrons. The second kappa shape index (κ2) is 7.04. The van der Waals surface area contributed by atoms with Crippen molar-refractivity contribution in [1.29, 1.82) is 0 Å². The van der Waals surface area contributed by atoms with Gasteiger partial charge < -0.3 is 9.64 Å². The van der Waals surface area contributed by atoms with Crippen LogP contribution in [0.4, 0.5) is 9.52 Å². The maximum Gasteiger partial charge on any atom is 0.240 e. The molecule has 1 N–H and O–H groups in total. The Balaban J connectivity index is 1.69. The summed E-state index contributed by atoms with van der Waals surface area (Å²) in [5.41, 5.74) is 0. The SMILES string of the molecule is CCOc1ccc(S(=O)(=O)N[C@@H]2CCN(c3nccs3)C2)cc1F. The van der Waals surface area contributed by atoms with Gasteiger partial charge in [0.15, 0.2) is 16.7 Å². The van der Waals surface area contributed by atoms with Crippen LogP contribution in [0, 0.1) is 5.82 Å². The summed E-state index contributed by atoms with van der Waals surface area (Å²) >= 11 is 1.52. The van der Waals surface area contributed by atoms with Crippen molar-refractivity contribution in [2.45, 2.75) is 24.3 Å². The topological polar surface area (TPSA) is 71.5 Å². The summed E-state index contributed by atoms with van der Waals surface area (Å²) in [6.45, 7) is 3.33. The van der Waals surface area contributed by atoms with Crippen LogP contribution in [0.5, 0.6) is 5.75 Å². The second-order valence-corrected chi connectivity index (χ2v) is 7.98. The minimum absolute atomic E-state index is 0.0484. The highest BCUT2D eigenvalue weighted by Gasteiger charge is 2.28. The molecule has 6 nitrogen and oxygen atoms in total. The zero-order chi connectivity index (χ0) is 17.2. The minimum Gasteiger partial charge on any atom is -0.491 e. The fraction of sp³-hybridized carbons (Fsp3) is 0.400. The number of anilines is 1. The molecule has 0 unspecified atom stereocenters. The number of halogens is 1. The quantitative estimate of drug-likeness (QED) is 0.843. The van der Waals surface area contributed by atoms with E-state index in [1.54, 1.807) is 13.1 Å². The van der Waals surface area contributed by atoms with Crippen molar-refractivity contribution >= 4 is 26.5 Å². The molecule has 0 saturated carbocycles. The smallest absolute Gasteiger partial charge is 0.240 e. The summed E-state index contributed by atoms with van der Waals surface area (Å²) in [6, 6.07) is 3.45. The van der Waals surface area contributed by atoms with E-state index in [1.807, 2.05) is 10.3 Å². The minimum atomic E-state index is -3.78. The van der Waals surface area contributed by atoms with Crippen LogP contribution in [0.2, 0.25) is 0 Å². The van der Waals surface area contributed by atoms with Crippen LogP contribution in [0.1, 0.15) is 13.3 Å². The molecule has 2 aromatic rings. The van der Waals surface area contributed by atoms with Gasteiger partial charge in [0.05, 0.1) is 11.5 Å². The Labute approximate surface area is 144 Å². The average Bonchev–Trinajstić information content (AvgIpc) is 3.20. The highest BCUT2D eigenvalue weighted by atomic mass is 32.2. The summed E-state index contributed by atoms with van der Waals surface area (Å²) in [5.74, 6) is -0.636. The Morgan fingerprint density at radius 2 is 2.33 bits per heavy atom. The van der Waals surface area contributed by atoms with Crippen LogP contribution in [0.3, 0.4) is 0 Å². The third-order valence-corrected chi connectivity index (χ3v) is 6.06. The highest BCUT2D eigenvalue weighted by Crippen LogP contribution is 2.24. The molecule has 3 rings (SSSR count). The molecule has 1 aliphatic rings. The number of aromatic nitrogens is 1. The predicted molar refractivity (Wildman–Crippen MR) is 90.6 cm³/mol. The Kier molecular flexibility index (Phi) is 5.02. The lowest BCUT2D eigenvalue weighted by Gasteiger charge is -2.16. The molecule has 1 aromatic carbocycles. The van der Waals surface area contributed by atoms with Gasteiger partial charge in [-0.1, -0.05) is 0 Å². The van der Waals surface area contributed by atoms with Crippen LogP contribution in [-0.2, 0) is 10.0 Å². The zero-order valence-corrected chi connectivity index (χ0v) is 14.7. The first-order valence-electron chi connectivity index (χ1n) is 7.58. The van der Waals surface area contributed by atoms with Crippen LogP contribution < -0.4 is 14.4 Å². The van der Waals surface area contributed by atoms with E-state index in [4.69, 9.17) is 4.74 Å². The molecule has 0 aliphatic carbocycles. The Morgan fingerprint density at radius 1 is 1.50 bits per heavy atom. The summed E-state index contributed by atoms with van der Waals surface area (Å²) in [5, 5.41) is 2.76. The molecule has 1 aliphatic heterocycles. The molecular formula is C15H18FN3O3S2. The van der Waals surface area contributed by atoms with E-state index in [-0.39, 0.29) is 16.7 Å². The van der Waals surface area contributed by atoms with Gasteiger partial charge in [0.1, 0.15) is 0 Å². The molecule has 9 heteroatoms. The Morgan fingerprint density at radius 3 is 3.00 bits per heavy atom. The van der Waals surface area contributed by atoms with E-state index >= 15 is 0 Å². The Hall–Kier alpha value is -1.71. The first-order chi connectivity index (χ1) is 11.5. The molecule has 2 heterocycles. The van der Waals surface area contributed by atoms with Gasteiger partial charge in [-0.2, -0.15) is 0 Å². The number of benzene rings is 1. The Bertz CT molecular complexity index is 796. The second-order valence-electron chi connectivity index (χ2n) is 5.39. The van der Waals surface area contributed by atoms with Gasteiger partial charge in [-0.05, 0) is 31.5 Å². The number of thiazole rings is 1. The number of rotatable bonds is 6. The van der Waals surface area contributed by atoms with Crippen LogP contribution >= 0.6 is 11.3 Å². The fourth-order valence-corrected chi connectivity index (χ4v) is 4.56. The molecule has 1 saturated heterocycles. The number of hydrogen-bond donors (Lipinski definition) is 1. The van der Waals surface area contributed by atoms with E-state index < -0.39 is 15.8 Å². The van der Waals surface area contributed by atoms with Crippen molar-refractivity contribution in [3.8, 4) is 5.75 Å².